The zero-order valence-corrected chi connectivity index (χ0v) is 10.5. The summed E-state index contributed by atoms with van der Waals surface area (Å²) in [5.74, 6) is -0.275. The monoisotopic (exact) mass is 264 g/mol. The lowest BCUT2D eigenvalue weighted by molar-refractivity contribution is 0.0704. The molecular weight excluding hydrogens is 252 g/mol. The van der Waals surface area contributed by atoms with E-state index >= 15 is 0 Å². The van der Waals surface area contributed by atoms with Gasteiger partial charge < -0.3 is 10.0 Å². The van der Waals surface area contributed by atoms with Gasteiger partial charge in [0.1, 0.15) is 5.75 Å². The Kier molecular flexibility index (Phi) is 3.73. The van der Waals surface area contributed by atoms with Gasteiger partial charge in [-0.3, -0.25) is 4.79 Å². The molecule has 1 aromatic carbocycles. The molecule has 4 nitrogen and oxygen atoms in total. The Labute approximate surface area is 110 Å². The van der Waals surface area contributed by atoms with Crippen LogP contribution < -0.4 is 0 Å². The first-order valence-corrected chi connectivity index (χ1v) is 6.17. The summed E-state index contributed by atoms with van der Waals surface area (Å²) in [5.41, 5.74) is 0.259. The highest BCUT2D eigenvalue weighted by Gasteiger charge is 2.24. The van der Waals surface area contributed by atoms with Crippen molar-refractivity contribution in [2.75, 3.05) is 13.1 Å². The maximum absolute atomic E-state index is 12.2. The number of carbonyl (C=O) groups is 1. The number of benzene rings is 1. The fraction of sp³-hybridized carbons (Fsp3) is 0.385. The molecule has 1 heterocycles. The second kappa shape index (κ2) is 5.28. The van der Waals surface area contributed by atoms with Gasteiger partial charge in [-0.15, -0.1) is 0 Å². The van der Waals surface area contributed by atoms with Crippen LogP contribution in [-0.4, -0.2) is 29.0 Å². The van der Waals surface area contributed by atoms with Crippen molar-refractivity contribution in [3.8, 4) is 11.8 Å². The molecule has 0 unspecified atom stereocenters. The van der Waals surface area contributed by atoms with Crippen molar-refractivity contribution in [2.24, 2.45) is 5.92 Å². The minimum absolute atomic E-state index is 0.0351. The number of phenols is 1. The van der Waals surface area contributed by atoms with Crippen LogP contribution in [0.5, 0.6) is 5.75 Å². The quantitative estimate of drug-likeness (QED) is 0.847. The lowest BCUT2D eigenvalue weighted by atomic mass is 9.98. The van der Waals surface area contributed by atoms with Gasteiger partial charge in [0.25, 0.3) is 5.91 Å². The molecule has 0 aliphatic carbocycles. The number of aromatic hydroxyl groups is 1. The van der Waals surface area contributed by atoms with Gasteiger partial charge >= 0.3 is 0 Å². The molecule has 1 fully saturated rings. The van der Waals surface area contributed by atoms with Crippen LogP contribution in [0.4, 0.5) is 0 Å². The third kappa shape index (κ3) is 2.57. The average molecular weight is 265 g/mol. The number of nitrogens with zero attached hydrogens (tertiary/aromatic N) is 2. The zero-order chi connectivity index (χ0) is 13.1. The lowest BCUT2D eigenvalue weighted by Gasteiger charge is -2.29. The number of phenolic OH excluding ortho intramolecular Hbond substituents is 1. The van der Waals surface area contributed by atoms with E-state index < -0.39 is 0 Å². The average Bonchev–Trinajstić information content (AvgIpc) is 2.38. The molecule has 1 N–H and O–H groups in total. The second-order valence-electron chi connectivity index (χ2n) is 4.36. The van der Waals surface area contributed by atoms with Crippen molar-refractivity contribution in [1.82, 2.24) is 4.90 Å². The summed E-state index contributed by atoms with van der Waals surface area (Å²) < 4.78 is 0. The van der Waals surface area contributed by atoms with Gasteiger partial charge in [0.2, 0.25) is 0 Å². The van der Waals surface area contributed by atoms with E-state index in [2.05, 4.69) is 6.07 Å². The van der Waals surface area contributed by atoms with Gasteiger partial charge in [-0.1, -0.05) is 11.6 Å². The van der Waals surface area contributed by atoms with Crippen molar-refractivity contribution in [3.05, 3.63) is 28.8 Å². The molecule has 1 saturated heterocycles. The van der Waals surface area contributed by atoms with Gasteiger partial charge in [0, 0.05) is 24.0 Å². The maximum Gasteiger partial charge on any atom is 0.257 e. The van der Waals surface area contributed by atoms with E-state index in [1.807, 2.05) is 0 Å². The normalized spacial score (nSPS) is 16.3. The summed E-state index contributed by atoms with van der Waals surface area (Å²) >= 11 is 5.72. The summed E-state index contributed by atoms with van der Waals surface area (Å²) in [7, 11) is 0. The first-order chi connectivity index (χ1) is 8.61. The van der Waals surface area contributed by atoms with Crippen LogP contribution in [0.1, 0.15) is 23.2 Å². The number of piperidine rings is 1. The third-order valence-electron chi connectivity index (χ3n) is 3.15. The van der Waals surface area contributed by atoms with Crippen molar-refractivity contribution in [3.63, 3.8) is 0 Å². The Morgan fingerprint density at radius 1 is 1.44 bits per heavy atom. The maximum atomic E-state index is 12.2. The van der Waals surface area contributed by atoms with Crippen LogP contribution in [0.25, 0.3) is 0 Å². The van der Waals surface area contributed by atoms with Crippen LogP contribution in [0.3, 0.4) is 0 Å². The number of amides is 1. The highest BCUT2D eigenvalue weighted by atomic mass is 35.5. The molecule has 1 aliphatic heterocycles. The van der Waals surface area contributed by atoms with E-state index in [0.29, 0.717) is 31.0 Å². The molecule has 0 bridgehead atoms. The molecule has 0 radical (unpaired) electrons. The van der Waals surface area contributed by atoms with Gasteiger partial charge in [0.15, 0.2) is 0 Å². The zero-order valence-electron chi connectivity index (χ0n) is 9.77. The van der Waals surface area contributed by atoms with Crippen LogP contribution in [0, 0.1) is 17.2 Å². The fourth-order valence-corrected chi connectivity index (χ4v) is 2.23. The third-order valence-corrected chi connectivity index (χ3v) is 3.39. The summed E-state index contributed by atoms with van der Waals surface area (Å²) in [6, 6.07) is 6.68. The highest BCUT2D eigenvalue weighted by molar-refractivity contribution is 6.30. The highest BCUT2D eigenvalue weighted by Crippen LogP contribution is 2.25. The summed E-state index contributed by atoms with van der Waals surface area (Å²) in [5, 5.41) is 18.9. The van der Waals surface area contributed by atoms with Crippen LogP contribution >= 0.6 is 11.6 Å². The number of halogens is 1. The molecule has 1 amide bonds. The van der Waals surface area contributed by atoms with Crippen molar-refractivity contribution in [1.29, 1.82) is 5.26 Å². The Morgan fingerprint density at radius 2 is 2.11 bits per heavy atom. The molecule has 1 aromatic rings. The minimum Gasteiger partial charge on any atom is -0.507 e. The van der Waals surface area contributed by atoms with Crippen molar-refractivity contribution < 1.29 is 9.90 Å². The molecule has 18 heavy (non-hydrogen) atoms. The Hall–Kier alpha value is -1.73. The Morgan fingerprint density at radius 3 is 2.67 bits per heavy atom. The predicted molar refractivity (Wildman–Crippen MR) is 67.4 cm³/mol. The smallest absolute Gasteiger partial charge is 0.257 e. The predicted octanol–water partition coefficient (Wildman–Crippen LogP) is 2.42. The number of hydrogen-bond donors (Lipinski definition) is 1. The molecule has 0 spiro atoms. The Balaban J connectivity index is 2.11. The molecule has 0 saturated carbocycles. The molecule has 0 atom stereocenters. The molecule has 2 rings (SSSR count). The number of carbonyl (C=O) groups excluding carboxylic acids is 1. The Bertz CT molecular complexity index is 502. The van der Waals surface area contributed by atoms with Gasteiger partial charge in [-0.2, -0.15) is 5.26 Å². The van der Waals surface area contributed by atoms with E-state index in [-0.39, 0.29) is 23.1 Å². The lowest BCUT2D eigenvalue weighted by Crippen LogP contribution is -2.38. The number of likely N-dealkylation sites (tertiary alicyclic amines) is 1. The summed E-state index contributed by atoms with van der Waals surface area (Å²) in [4.78, 5) is 13.8. The van der Waals surface area contributed by atoms with E-state index in [1.54, 1.807) is 11.0 Å². The fourth-order valence-electron chi connectivity index (χ4n) is 2.07. The van der Waals surface area contributed by atoms with Gasteiger partial charge in [0.05, 0.1) is 11.6 Å². The molecule has 5 heteroatoms. The van der Waals surface area contributed by atoms with Crippen molar-refractivity contribution >= 4 is 17.5 Å². The van der Waals surface area contributed by atoms with Gasteiger partial charge in [-0.25, -0.2) is 0 Å². The van der Waals surface area contributed by atoms with Crippen LogP contribution in [-0.2, 0) is 0 Å². The van der Waals surface area contributed by atoms with Gasteiger partial charge in [-0.05, 0) is 31.0 Å². The molecule has 0 aromatic heterocycles. The number of nitriles is 1. The molecular formula is C13H13ClN2O2. The standard InChI is InChI=1S/C13H13ClN2O2/c14-10-1-2-11(12(17)7-10)13(18)16-5-3-9(8-15)4-6-16/h1-2,7,9,17H,3-6H2. The molecule has 1 aliphatic rings. The second-order valence-corrected chi connectivity index (χ2v) is 4.79. The van der Waals surface area contributed by atoms with Crippen molar-refractivity contribution in [2.45, 2.75) is 12.8 Å². The number of hydrogen-bond acceptors (Lipinski definition) is 3. The SMILES string of the molecule is N#CC1CCN(C(=O)c2ccc(Cl)cc2O)CC1. The first-order valence-electron chi connectivity index (χ1n) is 5.79. The van der Waals surface area contributed by atoms with Crippen LogP contribution in [0.2, 0.25) is 5.02 Å². The van der Waals surface area contributed by atoms with E-state index in [4.69, 9.17) is 16.9 Å². The summed E-state index contributed by atoms with van der Waals surface area (Å²) in [6.07, 6.45) is 1.38. The minimum atomic E-state index is -0.208. The van der Waals surface area contributed by atoms with E-state index in [9.17, 15) is 9.90 Å². The van der Waals surface area contributed by atoms with E-state index in [1.165, 1.54) is 12.1 Å². The topological polar surface area (TPSA) is 64.3 Å². The molecule has 94 valence electrons. The van der Waals surface area contributed by atoms with Crippen LogP contribution in [0.15, 0.2) is 18.2 Å². The first kappa shape index (κ1) is 12.7. The number of rotatable bonds is 1. The summed E-state index contributed by atoms with van der Waals surface area (Å²) in [6.45, 7) is 1.11. The van der Waals surface area contributed by atoms with E-state index in [0.717, 1.165) is 0 Å². The largest absolute Gasteiger partial charge is 0.507 e.